The smallest absolute Gasteiger partial charge is 0.243 e. The molecule has 0 radical (unpaired) electrons. The molecule has 3 rings (SSSR count). The SMILES string of the molecule is CCN(CC(=O)Nc1ccc(N2CCOCC2)cc1)C(=O)Cc1csc(C)n1. The van der Waals surface area contributed by atoms with Crippen LogP contribution in [0.5, 0.6) is 0 Å². The molecule has 1 aromatic heterocycles. The summed E-state index contributed by atoms with van der Waals surface area (Å²) in [6, 6.07) is 7.76. The van der Waals surface area contributed by atoms with Gasteiger partial charge in [-0.05, 0) is 38.1 Å². The van der Waals surface area contributed by atoms with Crippen LogP contribution in [-0.2, 0) is 20.7 Å². The summed E-state index contributed by atoms with van der Waals surface area (Å²) in [5, 5.41) is 5.69. The summed E-state index contributed by atoms with van der Waals surface area (Å²) in [6.45, 7) is 7.51. The van der Waals surface area contributed by atoms with E-state index in [1.54, 1.807) is 4.90 Å². The van der Waals surface area contributed by atoms with Gasteiger partial charge in [0.05, 0.1) is 36.9 Å². The number of carbonyl (C=O) groups is 2. The zero-order valence-electron chi connectivity index (χ0n) is 16.3. The van der Waals surface area contributed by atoms with Crippen LogP contribution in [0.2, 0.25) is 0 Å². The van der Waals surface area contributed by atoms with Gasteiger partial charge < -0.3 is 19.9 Å². The van der Waals surface area contributed by atoms with Crippen LogP contribution < -0.4 is 10.2 Å². The normalized spacial score (nSPS) is 14.0. The minimum Gasteiger partial charge on any atom is -0.378 e. The summed E-state index contributed by atoms with van der Waals surface area (Å²) < 4.78 is 5.37. The highest BCUT2D eigenvalue weighted by atomic mass is 32.1. The zero-order valence-corrected chi connectivity index (χ0v) is 17.1. The highest BCUT2D eigenvalue weighted by molar-refractivity contribution is 7.09. The lowest BCUT2D eigenvalue weighted by molar-refractivity contribution is -0.133. The van der Waals surface area contributed by atoms with E-state index < -0.39 is 0 Å². The molecule has 1 fully saturated rings. The summed E-state index contributed by atoms with van der Waals surface area (Å²) in [6.07, 6.45) is 0.222. The van der Waals surface area contributed by atoms with Crippen molar-refractivity contribution in [1.29, 1.82) is 0 Å². The van der Waals surface area contributed by atoms with E-state index in [0.717, 1.165) is 48.4 Å². The maximum atomic E-state index is 12.5. The number of thiazole rings is 1. The largest absolute Gasteiger partial charge is 0.378 e. The molecular weight excluding hydrogens is 376 g/mol. The Balaban J connectivity index is 1.52. The Kier molecular flexibility index (Phi) is 7.00. The summed E-state index contributed by atoms with van der Waals surface area (Å²) in [5.74, 6) is -0.297. The predicted molar refractivity (Wildman–Crippen MR) is 111 cm³/mol. The van der Waals surface area contributed by atoms with Gasteiger partial charge in [-0.1, -0.05) is 0 Å². The van der Waals surface area contributed by atoms with Gasteiger partial charge in [-0.25, -0.2) is 4.98 Å². The van der Waals surface area contributed by atoms with Gasteiger partial charge in [0, 0.05) is 36.4 Å². The number of hydrogen-bond donors (Lipinski definition) is 1. The topological polar surface area (TPSA) is 74.8 Å². The highest BCUT2D eigenvalue weighted by Gasteiger charge is 2.17. The van der Waals surface area contributed by atoms with Crippen LogP contribution in [0.25, 0.3) is 0 Å². The molecule has 2 heterocycles. The van der Waals surface area contributed by atoms with Crippen LogP contribution in [0, 0.1) is 6.92 Å². The second kappa shape index (κ2) is 9.66. The number of benzene rings is 1. The van der Waals surface area contributed by atoms with Crippen LogP contribution in [0.1, 0.15) is 17.6 Å². The molecule has 2 amide bonds. The van der Waals surface area contributed by atoms with E-state index in [0.29, 0.717) is 6.54 Å². The molecule has 7 nitrogen and oxygen atoms in total. The van der Waals surface area contributed by atoms with E-state index in [1.807, 2.05) is 43.5 Å². The number of amides is 2. The third kappa shape index (κ3) is 5.53. The van der Waals surface area contributed by atoms with Crippen molar-refractivity contribution in [2.24, 2.45) is 0 Å². The van der Waals surface area contributed by atoms with Gasteiger partial charge in [0.15, 0.2) is 0 Å². The van der Waals surface area contributed by atoms with Gasteiger partial charge in [0.2, 0.25) is 11.8 Å². The van der Waals surface area contributed by atoms with Gasteiger partial charge in [-0.15, -0.1) is 11.3 Å². The van der Waals surface area contributed by atoms with E-state index >= 15 is 0 Å². The van der Waals surface area contributed by atoms with Crippen LogP contribution in [0.15, 0.2) is 29.6 Å². The first kappa shape index (κ1) is 20.3. The average Bonchev–Trinajstić information content (AvgIpc) is 3.12. The van der Waals surface area contributed by atoms with E-state index in [2.05, 4.69) is 15.2 Å². The second-order valence-electron chi connectivity index (χ2n) is 6.64. The first-order valence-electron chi connectivity index (χ1n) is 9.46. The minimum absolute atomic E-state index is 0.0314. The number of nitrogens with one attached hydrogen (secondary N) is 1. The molecule has 0 bridgehead atoms. The summed E-state index contributed by atoms with van der Waals surface area (Å²) in [5.41, 5.74) is 2.59. The number of nitrogens with zero attached hydrogens (tertiary/aromatic N) is 3. The average molecular weight is 403 g/mol. The van der Waals surface area contributed by atoms with E-state index in [1.165, 1.54) is 11.3 Å². The van der Waals surface area contributed by atoms with E-state index in [4.69, 9.17) is 4.74 Å². The molecule has 8 heteroatoms. The molecule has 150 valence electrons. The van der Waals surface area contributed by atoms with Gasteiger partial charge in [-0.3, -0.25) is 9.59 Å². The number of likely N-dealkylation sites (N-methyl/N-ethyl adjacent to an activating group) is 1. The molecule has 0 aliphatic carbocycles. The van der Waals surface area contributed by atoms with Gasteiger partial charge >= 0.3 is 0 Å². The standard InChI is InChI=1S/C20H26N4O3S/c1-3-23(20(26)12-17-14-28-15(2)21-17)13-19(25)22-16-4-6-18(7-5-16)24-8-10-27-11-9-24/h4-7,14H,3,8-13H2,1-2H3,(H,22,25). The molecule has 1 aliphatic rings. The summed E-state index contributed by atoms with van der Waals surface area (Å²) in [4.78, 5) is 33.0. The Labute approximate surface area is 169 Å². The lowest BCUT2D eigenvalue weighted by Gasteiger charge is -2.29. The predicted octanol–water partition coefficient (Wildman–Crippen LogP) is 2.32. The Bertz CT molecular complexity index is 800. The van der Waals surface area contributed by atoms with Crippen LogP contribution in [0.4, 0.5) is 11.4 Å². The summed E-state index contributed by atoms with van der Waals surface area (Å²) in [7, 11) is 0. The van der Waals surface area contributed by atoms with Crippen molar-refractivity contribution in [1.82, 2.24) is 9.88 Å². The molecule has 0 atom stereocenters. The number of carbonyl (C=O) groups excluding carboxylic acids is 2. The van der Waals surface area contributed by atoms with Crippen LogP contribution in [0.3, 0.4) is 0 Å². The first-order valence-corrected chi connectivity index (χ1v) is 10.3. The van der Waals surface area contributed by atoms with Crippen molar-refractivity contribution in [3.05, 3.63) is 40.3 Å². The lowest BCUT2D eigenvalue weighted by atomic mass is 10.2. The summed E-state index contributed by atoms with van der Waals surface area (Å²) >= 11 is 1.52. The van der Waals surface area contributed by atoms with Gasteiger partial charge in [-0.2, -0.15) is 0 Å². The number of ether oxygens (including phenoxy) is 1. The van der Waals surface area contributed by atoms with Crippen LogP contribution >= 0.6 is 11.3 Å². The minimum atomic E-state index is -0.205. The Morgan fingerprint density at radius 1 is 1.25 bits per heavy atom. The number of hydrogen-bond acceptors (Lipinski definition) is 6. The van der Waals surface area contributed by atoms with Crippen LogP contribution in [-0.4, -0.2) is 61.1 Å². The maximum absolute atomic E-state index is 12.5. The molecule has 1 saturated heterocycles. The van der Waals surface area contributed by atoms with Gasteiger partial charge in [0.25, 0.3) is 0 Å². The second-order valence-corrected chi connectivity index (χ2v) is 7.70. The van der Waals surface area contributed by atoms with Crippen molar-refractivity contribution < 1.29 is 14.3 Å². The molecule has 1 N–H and O–H groups in total. The van der Waals surface area contributed by atoms with E-state index in [9.17, 15) is 9.59 Å². The molecule has 1 aromatic carbocycles. The van der Waals surface area contributed by atoms with Crippen molar-refractivity contribution >= 4 is 34.5 Å². The van der Waals surface area contributed by atoms with Crippen molar-refractivity contribution in [2.75, 3.05) is 49.6 Å². The molecule has 28 heavy (non-hydrogen) atoms. The number of aryl methyl sites for hydroxylation is 1. The monoisotopic (exact) mass is 402 g/mol. The van der Waals surface area contributed by atoms with Crippen molar-refractivity contribution in [2.45, 2.75) is 20.3 Å². The maximum Gasteiger partial charge on any atom is 0.243 e. The van der Waals surface area contributed by atoms with Crippen molar-refractivity contribution in [3.8, 4) is 0 Å². The fourth-order valence-electron chi connectivity index (χ4n) is 3.08. The van der Waals surface area contributed by atoms with E-state index in [-0.39, 0.29) is 24.8 Å². The quantitative estimate of drug-likeness (QED) is 0.769. The third-order valence-corrected chi connectivity index (χ3v) is 5.42. The lowest BCUT2D eigenvalue weighted by Crippen LogP contribution is -2.38. The Hall–Kier alpha value is -2.45. The fraction of sp³-hybridized carbons (Fsp3) is 0.450. The third-order valence-electron chi connectivity index (χ3n) is 4.60. The molecule has 2 aromatic rings. The molecule has 0 saturated carbocycles. The zero-order chi connectivity index (χ0) is 19.9. The number of morpholine rings is 1. The van der Waals surface area contributed by atoms with Gasteiger partial charge in [0.1, 0.15) is 0 Å². The Morgan fingerprint density at radius 2 is 1.96 bits per heavy atom. The first-order chi connectivity index (χ1) is 13.5. The molecule has 1 aliphatic heterocycles. The van der Waals surface area contributed by atoms with Crippen molar-refractivity contribution in [3.63, 3.8) is 0 Å². The number of rotatable bonds is 7. The Morgan fingerprint density at radius 3 is 2.57 bits per heavy atom. The molecule has 0 unspecified atom stereocenters. The number of anilines is 2. The fourth-order valence-corrected chi connectivity index (χ4v) is 3.70. The molecule has 0 spiro atoms. The highest BCUT2D eigenvalue weighted by Crippen LogP contribution is 2.19. The molecular formula is C20H26N4O3S. The number of aromatic nitrogens is 1.